The molecule has 2 atom stereocenters. The quantitative estimate of drug-likeness (QED) is 0.781. The molecule has 0 aromatic heterocycles. The average Bonchev–Trinajstić information content (AvgIpc) is 2.50. The van der Waals surface area contributed by atoms with E-state index in [-0.39, 0.29) is 12.0 Å². The number of ether oxygens (including phenoxy) is 1. The summed E-state index contributed by atoms with van der Waals surface area (Å²) in [5.41, 5.74) is 5.52. The lowest BCUT2D eigenvalue weighted by atomic mass is 10.0. The van der Waals surface area contributed by atoms with E-state index < -0.39 is 0 Å². The van der Waals surface area contributed by atoms with E-state index >= 15 is 0 Å². The SMILES string of the molecule is COC(CN)CC(=O)N1CCCC(C)CC1. The van der Waals surface area contributed by atoms with Gasteiger partial charge in [0.2, 0.25) is 5.91 Å². The molecule has 0 bridgehead atoms. The van der Waals surface area contributed by atoms with Crippen LogP contribution in [0.3, 0.4) is 0 Å². The Bertz CT molecular complexity index is 217. The van der Waals surface area contributed by atoms with Crippen molar-refractivity contribution in [2.75, 3.05) is 26.7 Å². The minimum atomic E-state index is -0.131. The first-order valence-corrected chi connectivity index (χ1v) is 6.18. The number of methoxy groups -OCH3 is 1. The summed E-state index contributed by atoms with van der Waals surface area (Å²) in [5, 5.41) is 0. The maximum Gasteiger partial charge on any atom is 0.225 e. The molecular formula is C12H24N2O2. The smallest absolute Gasteiger partial charge is 0.225 e. The molecule has 4 heteroatoms. The van der Waals surface area contributed by atoms with E-state index in [1.54, 1.807) is 7.11 Å². The van der Waals surface area contributed by atoms with E-state index in [2.05, 4.69) is 6.92 Å². The highest BCUT2D eigenvalue weighted by Gasteiger charge is 2.20. The summed E-state index contributed by atoms with van der Waals surface area (Å²) in [6, 6.07) is 0. The zero-order valence-corrected chi connectivity index (χ0v) is 10.4. The van der Waals surface area contributed by atoms with Gasteiger partial charge in [-0.3, -0.25) is 4.79 Å². The van der Waals surface area contributed by atoms with Crippen LogP contribution in [0.5, 0.6) is 0 Å². The third-order valence-corrected chi connectivity index (χ3v) is 3.37. The lowest BCUT2D eigenvalue weighted by Crippen LogP contribution is -2.36. The molecule has 1 aliphatic rings. The van der Waals surface area contributed by atoms with Gasteiger partial charge in [0, 0.05) is 26.7 Å². The van der Waals surface area contributed by atoms with Crippen LogP contribution in [0.2, 0.25) is 0 Å². The molecule has 1 saturated heterocycles. The summed E-state index contributed by atoms with van der Waals surface area (Å²) in [5.74, 6) is 0.928. The molecule has 1 aliphatic heterocycles. The normalized spacial score (nSPS) is 23.9. The number of nitrogens with two attached hydrogens (primary N) is 1. The van der Waals surface area contributed by atoms with E-state index in [1.165, 1.54) is 6.42 Å². The van der Waals surface area contributed by atoms with Gasteiger partial charge in [-0.15, -0.1) is 0 Å². The van der Waals surface area contributed by atoms with Crippen molar-refractivity contribution in [3.05, 3.63) is 0 Å². The van der Waals surface area contributed by atoms with Crippen LogP contribution < -0.4 is 5.73 Å². The van der Waals surface area contributed by atoms with Gasteiger partial charge in [0.1, 0.15) is 0 Å². The molecule has 1 amide bonds. The Hall–Kier alpha value is -0.610. The molecule has 0 saturated carbocycles. The summed E-state index contributed by atoms with van der Waals surface area (Å²) < 4.78 is 5.14. The van der Waals surface area contributed by atoms with Gasteiger partial charge < -0.3 is 15.4 Å². The predicted molar refractivity (Wildman–Crippen MR) is 64.1 cm³/mol. The second-order valence-electron chi connectivity index (χ2n) is 4.71. The lowest BCUT2D eigenvalue weighted by molar-refractivity contribution is -0.133. The molecule has 2 unspecified atom stereocenters. The fourth-order valence-corrected chi connectivity index (χ4v) is 2.10. The monoisotopic (exact) mass is 228 g/mol. The van der Waals surface area contributed by atoms with Crippen molar-refractivity contribution in [3.63, 3.8) is 0 Å². The maximum absolute atomic E-state index is 12.0. The van der Waals surface area contributed by atoms with Crippen molar-refractivity contribution in [1.29, 1.82) is 0 Å². The summed E-state index contributed by atoms with van der Waals surface area (Å²) in [6.45, 7) is 4.45. The van der Waals surface area contributed by atoms with E-state index in [0.29, 0.717) is 13.0 Å². The Morgan fingerprint density at radius 3 is 2.88 bits per heavy atom. The first kappa shape index (κ1) is 13.5. The van der Waals surface area contributed by atoms with Crippen LogP contribution in [0.25, 0.3) is 0 Å². The lowest BCUT2D eigenvalue weighted by Gasteiger charge is -2.22. The summed E-state index contributed by atoms with van der Waals surface area (Å²) in [4.78, 5) is 13.9. The van der Waals surface area contributed by atoms with Crippen LogP contribution in [-0.2, 0) is 9.53 Å². The number of carbonyl (C=O) groups excluding carboxylic acids is 1. The van der Waals surface area contributed by atoms with Gasteiger partial charge in [-0.2, -0.15) is 0 Å². The highest BCUT2D eigenvalue weighted by molar-refractivity contribution is 5.76. The second kappa shape index (κ2) is 6.86. The van der Waals surface area contributed by atoms with Crippen LogP contribution in [-0.4, -0.2) is 43.7 Å². The third kappa shape index (κ3) is 4.10. The van der Waals surface area contributed by atoms with Gasteiger partial charge in [0.15, 0.2) is 0 Å². The molecule has 4 nitrogen and oxygen atoms in total. The molecule has 94 valence electrons. The number of likely N-dealkylation sites (tertiary alicyclic amines) is 1. The number of amides is 1. The number of hydrogen-bond acceptors (Lipinski definition) is 3. The van der Waals surface area contributed by atoms with Crippen LogP contribution in [0.15, 0.2) is 0 Å². The molecule has 0 spiro atoms. The Kier molecular flexibility index (Phi) is 5.77. The van der Waals surface area contributed by atoms with E-state index in [4.69, 9.17) is 10.5 Å². The molecule has 16 heavy (non-hydrogen) atoms. The van der Waals surface area contributed by atoms with Crippen molar-refractivity contribution in [3.8, 4) is 0 Å². The van der Waals surface area contributed by atoms with Crippen molar-refractivity contribution >= 4 is 5.91 Å². The number of hydrogen-bond donors (Lipinski definition) is 1. The topological polar surface area (TPSA) is 55.6 Å². The van der Waals surface area contributed by atoms with E-state index in [9.17, 15) is 4.79 Å². The van der Waals surface area contributed by atoms with Crippen LogP contribution in [0.1, 0.15) is 32.6 Å². The predicted octanol–water partition coefficient (Wildman–Crippen LogP) is 0.999. The third-order valence-electron chi connectivity index (χ3n) is 3.37. The molecule has 1 fully saturated rings. The minimum Gasteiger partial charge on any atom is -0.380 e. The standard InChI is InChI=1S/C12H24N2O2/c1-10-4-3-6-14(7-5-10)12(15)8-11(9-13)16-2/h10-11H,3-9,13H2,1-2H3. The van der Waals surface area contributed by atoms with Crippen LogP contribution >= 0.6 is 0 Å². The van der Waals surface area contributed by atoms with Crippen molar-refractivity contribution < 1.29 is 9.53 Å². The molecule has 0 aromatic rings. The van der Waals surface area contributed by atoms with Crippen molar-refractivity contribution in [1.82, 2.24) is 4.90 Å². The van der Waals surface area contributed by atoms with Crippen molar-refractivity contribution in [2.24, 2.45) is 11.7 Å². The Morgan fingerprint density at radius 2 is 2.25 bits per heavy atom. The largest absolute Gasteiger partial charge is 0.380 e. The molecular weight excluding hydrogens is 204 g/mol. The highest BCUT2D eigenvalue weighted by Crippen LogP contribution is 2.17. The molecule has 1 rings (SSSR count). The zero-order valence-electron chi connectivity index (χ0n) is 10.4. The van der Waals surface area contributed by atoms with Crippen LogP contribution in [0.4, 0.5) is 0 Å². The van der Waals surface area contributed by atoms with Gasteiger partial charge in [-0.1, -0.05) is 6.92 Å². The average molecular weight is 228 g/mol. The second-order valence-corrected chi connectivity index (χ2v) is 4.71. The number of nitrogens with zero attached hydrogens (tertiary/aromatic N) is 1. The number of carbonyl (C=O) groups is 1. The van der Waals surface area contributed by atoms with Gasteiger partial charge in [0.25, 0.3) is 0 Å². The molecule has 0 aliphatic carbocycles. The van der Waals surface area contributed by atoms with Gasteiger partial charge in [-0.25, -0.2) is 0 Å². The van der Waals surface area contributed by atoms with Gasteiger partial charge in [-0.05, 0) is 25.2 Å². The molecule has 1 heterocycles. The van der Waals surface area contributed by atoms with Crippen LogP contribution in [0, 0.1) is 5.92 Å². The fourth-order valence-electron chi connectivity index (χ4n) is 2.10. The maximum atomic E-state index is 12.0. The Labute approximate surface area is 98.1 Å². The molecule has 2 N–H and O–H groups in total. The Morgan fingerprint density at radius 1 is 1.50 bits per heavy atom. The van der Waals surface area contributed by atoms with Gasteiger partial charge in [0.05, 0.1) is 12.5 Å². The summed E-state index contributed by atoms with van der Waals surface area (Å²) in [6.07, 6.45) is 3.75. The molecule has 0 aromatic carbocycles. The minimum absolute atomic E-state index is 0.131. The van der Waals surface area contributed by atoms with E-state index in [0.717, 1.165) is 31.8 Å². The zero-order chi connectivity index (χ0) is 12.0. The fraction of sp³-hybridized carbons (Fsp3) is 0.917. The number of rotatable bonds is 4. The van der Waals surface area contributed by atoms with Crippen molar-refractivity contribution in [2.45, 2.75) is 38.7 Å². The first-order valence-electron chi connectivity index (χ1n) is 6.18. The first-order chi connectivity index (χ1) is 7.67. The Balaban J connectivity index is 2.40. The van der Waals surface area contributed by atoms with Gasteiger partial charge >= 0.3 is 0 Å². The van der Waals surface area contributed by atoms with E-state index in [1.807, 2.05) is 4.90 Å². The molecule has 0 radical (unpaired) electrons. The summed E-state index contributed by atoms with van der Waals surface area (Å²) >= 11 is 0. The highest BCUT2D eigenvalue weighted by atomic mass is 16.5. The summed E-state index contributed by atoms with van der Waals surface area (Å²) in [7, 11) is 1.61.